The number of Topliss-reactive ketones (excluding diaryl/α,β-unsaturated/α-hetero) is 2. The maximum Gasteiger partial charge on any atom is 0.181 e. The maximum absolute atomic E-state index is 12.5. The first-order chi connectivity index (χ1) is 16.6. The number of hydrogen-bond acceptors (Lipinski definition) is 7. The molecule has 34 heavy (non-hydrogen) atoms. The van der Waals surface area contributed by atoms with Crippen molar-refractivity contribution in [2.45, 2.75) is 39.2 Å². The van der Waals surface area contributed by atoms with E-state index < -0.39 is 0 Å². The highest BCUT2D eigenvalue weighted by Crippen LogP contribution is 2.24. The van der Waals surface area contributed by atoms with Gasteiger partial charge in [0.2, 0.25) is 0 Å². The third-order valence-corrected chi connectivity index (χ3v) is 7.13. The van der Waals surface area contributed by atoms with Crippen molar-refractivity contribution in [2.75, 3.05) is 44.3 Å². The van der Waals surface area contributed by atoms with E-state index >= 15 is 0 Å². The lowest BCUT2D eigenvalue weighted by atomic mass is 9.92. The lowest BCUT2D eigenvalue weighted by Gasteiger charge is -2.36. The summed E-state index contributed by atoms with van der Waals surface area (Å²) in [5.41, 5.74) is 5.63. The molecule has 2 aliphatic heterocycles. The summed E-state index contributed by atoms with van der Waals surface area (Å²) < 4.78 is 5.37. The van der Waals surface area contributed by atoms with Gasteiger partial charge in [0, 0.05) is 65.0 Å². The number of ether oxygens (including phenoxy) is 1. The number of carbonyl (C=O) groups excluding carboxylic acids is 2. The summed E-state index contributed by atoms with van der Waals surface area (Å²) in [6, 6.07) is 6.02. The Bertz CT molecular complexity index is 1080. The van der Waals surface area contributed by atoms with Gasteiger partial charge in [0.1, 0.15) is 5.69 Å². The zero-order chi connectivity index (χ0) is 23.5. The molecule has 3 aliphatic rings. The van der Waals surface area contributed by atoms with Crippen LogP contribution in [0.4, 0.5) is 5.69 Å². The van der Waals surface area contributed by atoms with Crippen LogP contribution in [0.15, 0.2) is 36.2 Å². The van der Waals surface area contributed by atoms with Gasteiger partial charge in [-0.3, -0.25) is 24.5 Å². The lowest BCUT2D eigenvalue weighted by molar-refractivity contribution is -0.115. The largest absolute Gasteiger partial charge is 0.381 e. The van der Waals surface area contributed by atoms with E-state index in [-0.39, 0.29) is 11.6 Å². The SMILES string of the molecule is CCC1=Cc2ncc(CN3CCN(c4ccc(C(=O)C[C@H]5CCOC5)nc4)CC3)cc2CC1=O. The second-order valence-electron chi connectivity index (χ2n) is 9.53. The molecule has 0 bridgehead atoms. The lowest BCUT2D eigenvalue weighted by Crippen LogP contribution is -2.46. The topological polar surface area (TPSA) is 75.6 Å². The highest BCUT2D eigenvalue weighted by Gasteiger charge is 2.23. The van der Waals surface area contributed by atoms with Crippen molar-refractivity contribution in [1.29, 1.82) is 0 Å². The molecule has 0 saturated carbocycles. The summed E-state index contributed by atoms with van der Waals surface area (Å²) in [6.07, 6.45) is 8.43. The highest BCUT2D eigenvalue weighted by atomic mass is 16.5. The molecule has 2 aromatic heterocycles. The number of aromatic nitrogens is 2. The van der Waals surface area contributed by atoms with Crippen molar-refractivity contribution >= 4 is 23.3 Å². The summed E-state index contributed by atoms with van der Waals surface area (Å²) in [4.78, 5) is 38.6. The Kier molecular flexibility index (Phi) is 6.83. The van der Waals surface area contributed by atoms with Crippen LogP contribution in [0.25, 0.3) is 6.08 Å². The summed E-state index contributed by atoms with van der Waals surface area (Å²) >= 11 is 0. The number of fused-ring (bicyclic) bond motifs is 1. The molecule has 4 heterocycles. The maximum atomic E-state index is 12.5. The van der Waals surface area contributed by atoms with Gasteiger partial charge in [0.15, 0.2) is 11.6 Å². The Hall–Kier alpha value is -2.90. The quantitative estimate of drug-likeness (QED) is 0.587. The first kappa shape index (κ1) is 22.9. The second kappa shape index (κ2) is 10.2. The van der Waals surface area contributed by atoms with E-state index in [1.54, 1.807) is 0 Å². The fraction of sp³-hybridized carbons (Fsp3) is 0.481. The Balaban J connectivity index is 1.14. The van der Waals surface area contributed by atoms with Crippen molar-refractivity contribution in [1.82, 2.24) is 14.9 Å². The summed E-state index contributed by atoms with van der Waals surface area (Å²) in [6.45, 7) is 8.00. The van der Waals surface area contributed by atoms with Crippen LogP contribution >= 0.6 is 0 Å². The summed E-state index contributed by atoms with van der Waals surface area (Å²) in [5, 5.41) is 0. The zero-order valence-electron chi connectivity index (χ0n) is 19.8. The highest BCUT2D eigenvalue weighted by molar-refractivity contribution is 6.03. The minimum atomic E-state index is 0.105. The van der Waals surface area contributed by atoms with Crippen LogP contribution in [-0.4, -0.2) is 65.8 Å². The third kappa shape index (κ3) is 5.10. The van der Waals surface area contributed by atoms with Crippen LogP contribution in [0.2, 0.25) is 0 Å². The van der Waals surface area contributed by atoms with Crippen LogP contribution in [0.1, 0.15) is 53.5 Å². The van der Waals surface area contributed by atoms with E-state index in [0.29, 0.717) is 31.1 Å². The molecule has 0 spiro atoms. The number of carbonyl (C=O) groups is 2. The Morgan fingerprint density at radius 2 is 2.00 bits per heavy atom. The van der Waals surface area contributed by atoms with Crippen LogP contribution in [-0.2, 0) is 22.5 Å². The smallest absolute Gasteiger partial charge is 0.181 e. The molecule has 5 rings (SSSR count). The zero-order valence-corrected chi connectivity index (χ0v) is 19.8. The van der Waals surface area contributed by atoms with Gasteiger partial charge in [-0.25, -0.2) is 0 Å². The molecule has 0 unspecified atom stereocenters. The molecular weight excluding hydrogens is 428 g/mol. The van der Waals surface area contributed by atoms with Crippen molar-refractivity contribution in [2.24, 2.45) is 5.92 Å². The standard InChI is InChI=1S/C27H32N4O3/c1-2-21-13-25-22(14-26(21)32)11-20(15-28-25)17-30-6-8-31(9-7-30)23-3-4-24(29-16-23)27(33)12-19-5-10-34-18-19/h3-4,11,13,15-16,19H,2,5-10,12,14,17-18H2,1H3/t19-/m1/s1. The molecule has 7 nitrogen and oxygen atoms in total. The van der Waals surface area contributed by atoms with E-state index in [0.717, 1.165) is 80.3 Å². The van der Waals surface area contributed by atoms with E-state index in [1.165, 1.54) is 0 Å². The van der Waals surface area contributed by atoms with Crippen molar-refractivity contribution in [3.63, 3.8) is 0 Å². The predicted octanol–water partition coefficient (Wildman–Crippen LogP) is 3.33. The fourth-order valence-electron chi connectivity index (χ4n) is 5.03. The minimum Gasteiger partial charge on any atom is -0.381 e. The van der Waals surface area contributed by atoms with E-state index in [1.807, 2.05) is 37.5 Å². The molecule has 2 fully saturated rings. The molecule has 1 aliphatic carbocycles. The van der Waals surface area contributed by atoms with E-state index in [2.05, 4.69) is 25.8 Å². The fourth-order valence-corrected chi connectivity index (χ4v) is 5.03. The van der Waals surface area contributed by atoms with Crippen molar-refractivity contribution in [3.8, 4) is 0 Å². The van der Waals surface area contributed by atoms with Crippen LogP contribution in [0.3, 0.4) is 0 Å². The number of ketones is 2. The van der Waals surface area contributed by atoms with Gasteiger partial charge in [0.05, 0.1) is 17.6 Å². The van der Waals surface area contributed by atoms with Crippen molar-refractivity contribution in [3.05, 3.63) is 58.7 Å². The third-order valence-electron chi connectivity index (χ3n) is 7.13. The van der Waals surface area contributed by atoms with Crippen LogP contribution in [0, 0.1) is 5.92 Å². The number of piperazine rings is 1. The number of allylic oxidation sites excluding steroid dienone is 1. The van der Waals surface area contributed by atoms with E-state index in [9.17, 15) is 9.59 Å². The van der Waals surface area contributed by atoms with Gasteiger partial charge in [-0.1, -0.05) is 13.0 Å². The molecule has 0 aromatic carbocycles. The number of pyridine rings is 2. The first-order valence-corrected chi connectivity index (χ1v) is 12.3. The Labute approximate surface area is 200 Å². The van der Waals surface area contributed by atoms with Gasteiger partial charge in [-0.2, -0.15) is 0 Å². The molecule has 2 saturated heterocycles. The molecule has 1 atom stereocenters. The van der Waals surface area contributed by atoms with Gasteiger partial charge in [-0.15, -0.1) is 0 Å². The second-order valence-corrected chi connectivity index (χ2v) is 9.53. The normalized spacial score (nSPS) is 20.9. The Morgan fingerprint density at radius 1 is 1.15 bits per heavy atom. The van der Waals surface area contributed by atoms with Gasteiger partial charge in [0.25, 0.3) is 0 Å². The number of anilines is 1. The van der Waals surface area contributed by atoms with Crippen molar-refractivity contribution < 1.29 is 14.3 Å². The minimum absolute atomic E-state index is 0.105. The van der Waals surface area contributed by atoms with Gasteiger partial charge < -0.3 is 9.64 Å². The molecule has 0 amide bonds. The number of hydrogen-bond donors (Lipinski definition) is 0. The van der Waals surface area contributed by atoms with Crippen LogP contribution in [0.5, 0.6) is 0 Å². The average Bonchev–Trinajstić information content (AvgIpc) is 3.37. The molecule has 0 N–H and O–H groups in total. The molecule has 7 heteroatoms. The van der Waals surface area contributed by atoms with Gasteiger partial charge >= 0.3 is 0 Å². The van der Waals surface area contributed by atoms with Crippen LogP contribution < -0.4 is 4.90 Å². The molecular formula is C27H32N4O3. The van der Waals surface area contributed by atoms with Gasteiger partial charge in [-0.05, 0) is 53.7 Å². The number of rotatable bonds is 7. The predicted molar refractivity (Wildman–Crippen MR) is 131 cm³/mol. The van der Waals surface area contributed by atoms with E-state index in [4.69, 9.17) is 4.74 Å². The molecule has 178 valence electrons. The average molecular weight is 461 g/mol. The molecule has 2 aromatic rings. The molecule has 0 radical (unpaired) electrons. The summed E-state index contributed by atoms with van der Waals surface area (Å²) in [7, 11) is 0. The Morgan fingerprint density at radius 3 is 2.71 bits per heavy atom. The monoisotopic (exact) mass is 460 g/mol. The summed E-state index contributed by atoms with van der Waals surface area (Å²) in [5.74, 6) is 0.656. The number of nitrogens with zero attached hydrogens (tertiary/aromatic N) is 4. The first-order valence-electron chi connectivity index (χ1n) is 12.3.